The van der Waals surface area contributed by atoms with E-state index >= 15 is 0 Å². The lowest BCUT2D eigenvalue weighted by Crippen LogP contribution is -2.30. The maximum Gasteiger partial charge on any atom is 0.333 e. The van der Waals surface area contributed by atoms with E-state index in [0.717, 1.165) is 0 Å². The van der Waals surface area contributed by atoms with Crippen LogP contribution in [0.15, 0.2) is 12.2 Å². The van der Waals surface area contributed by atoms with Crippen molar-refractivity contribution in [2.24, 2.45) is 0 Å². The molecule has 0 aromatic heterocycles. The van der Waals surface area contributed by atoms with E-state index in [2.05, 4.69) is 6.58 Å². The highest BCUT2D eigenvalue weighted by Crippen LogP contribution is 1.94. The molecular weight excluding hydrogens is 198 g/mol. The summed E-state index contributed by atoms with van der Waals surface area (Å²) in [4.78, 5) is 26.9. The maximum absolute atomic E-state index is 10.9. The fourth-order valence-corrected chi connectivity index (χ4v) is 0.810. The molecule has 0 saturated carbocycles. The highest BCUT2D eigenvalue weighted by Gasteiger charge is 2.07. The van der Waals surface area contributed by atoms with Crippen molar-refractivity contribution in [3.63, 3.8) is 0 Å². The number of esters is 1. The summed E-state index contributed by atoms with van der Waals surface area (Å²) in [5.74, 6) is -0.631. The van der Waals surface area contributed by atoms with Gasteiger partial charge in [-0.15, -0.1) is 0 Å². The Morgan fingerprint density at radius 2 is 1.87 bits per heavy atom. The lowest BCUT2D eigenvalue weighted by atomic mass is 10.4. The summed E-state index contributed by atoms with van der Waals surface area (Å²) < 4.78 is 4.78. The third-order valence-corrected chi connectivity index (χ3v) is 1.55. The monoisotopic (exact) mass is 215 g/mol. The molecule has 0 fully saturated rings. The number of carbonyl (C=O) groups is 2. The molecule has 0 spiro atoms. The van der Waals surface area contributed by atoms with Gasteiger partial charge >= 0.3 is 5.97 Å². The van der Waals surface area contributed by atoms with Crippen LogP contribution in [0.5, 0.6) is 0 Å². The molecule has 0 heterocycles. The summed E-state index contributed by atoms with van der Waals surface area (Å²) in [7, 11) is 0. The highest BCUT2D eigenvalue weighted by atomic mass is 16.7. The van der Waals surface area contributed by atoms with Crippen LogP contribution in [-0.4, -0.2) is 36.7 Å². The van der Waals surface area contributed by atoms with Crippen LogP contribution in [0.1, 0.15) is 20.8 Å². The second-order valence-electron chi connectivity index (χ2n) is 2.96. The average Bonchev–Trinajstić information content (AvgIpc) is 2.16. The largest absolute Gasteiger partial charge is 0.460 e. The summed E-state index contributed by atoms with van der Waals surface area (Å²) in [5, 5.41) is 1.20. The van der Waals surface area contributed by atoms with Crippen LogP contribution in [0.2, 0.25) is 0 Å². The van der Waals surface area contributed by atoms with E-state index in [-0.39, 0.29) is 19.1 Å². The molecule has 0 radical (unpaired) electrons. The van der Waals surface area contributed by atoms with Crippen molar-refractivity contribution < 1.29 is 19.2 Å². The van der Waals surface area contributed by atoms with Crippen LogP contribution in [-0.2, 0) is 19.2 Å². The zero-order valence-corrected chi connectivity index (χ0v) is 9.41. The molecule has 0 aliphatic carbocycles. The van der Waals surface area contributed by atoms with Crippen molar-refractivity contribution in [2.75, 3.05) is 19.8 Å². The van der Waals surface area contributed by atoms with Crippen LogP contribution in [0.3, 0.4) is 0 Å². The zero-order valence-electron chi connectivity index (χ0n) is 9.41. The Morgan fingerprint density at radius 3 is 2.27 bits per heavy atom. The van der Waals surface area contributed by atoms with Gasteiger partial charge in [-0.1, -0.05) is 6.58 Å². The number of nitrogens with zero attached hydrogens (tertiary/aromatic N) is 1. The van der Waals surface area contributed by atoms with E-state index in [1.54, 1.807) is 13.8 Å². The fraction of sp³-hybridized carbons (Fsp3) is 0.600. The molecular formula is C10H17NO4. The smallest absolute Gasteiger partial charge is 0.333 e. The highest BCUT2D eigenvalue weighted by molar-refractivity contribution is 5.86. The minimum Gasteiger partial charge on any atom is -0.460 e. The predicted molar refractivity (Wildman–Crippen MR) is 54.8 cm³/mol. The van der Waals surface area contributed by atoms with Crippen LogP contribution < -0.4 is 0 Å². The number of hydrogen-bond acceptors (Lipinski definition) is 4. The first-order chi connectivity index (χ1) is 6.99. The van der Waals surface area contributed by atoms with Gasteiger partial charge in [0.25, 0.3) is 0 Å². The first-order valence-corrected chi connectivity index (χ1v) is 4.72. The minimum atomic E-state index is -0.454. The molecule has 1 amide bonds. The van der Waals surface area contributed by atoms with Crippen LogP contribution in [0.4, 0.5) is 0 Å². The quantitative estimate of drug-likeness (QED) is 0.286. The number of rotatable bonds is 6. The zero-order chi connectivity index (χ0) is 11.8. The van der Waals surface area contributed by atoms with E-state index in [0.29, 0.717) is 12.1 Å². The van der Waals surface area contributed by atoms with Crippen molar-refractivity contribution in [2.45, 2.75) is 20.8 Å². The van der Waals surface area contributed by atoms with E-state index < -0.39 is 5.97 Å². The summed E-state index contributed by atoms with van der Waals surface area (Å²) in [6, 6.07) is 0. The van der Waals surface area contributed by atoms with E-state index in [9.17, 15) is 9.59 Å². The number of hydrogen-bond donors (Lipinski definition) is 0. The third-order valence-electron chi connectivity index (χ3n) is 1.55. The van der Waals surface area contributed by atoms with Crippen LogP contribution in [0.25, 0.3) is 0 Å². The SMILES string of the molecule is C=C(C)C(=O)OCCON(CC)C(C)=O. The molecule has 0 aliphatic heterocycles. The normalized spacial score (nSPS) is 9.53. The van der Waals surface area contributed by atoms with Gasteiger partial charge in [-0.05, 0) is 13.8 Å². The third kappa shape index (κ3) is 5.85. The lowest BCUT2D eigenvalue weighted by Gasteiger charge is -2.17. The Kier molecular flexibility index (Phi) is 6.37. The molecule has 5 heteroatoms. The molecule has 0 atom stereocenters. The summed E-state index contributed by atoms with van der Waals surface area (Å²) in [5.41, 5.74) is 0.342. The van der Waals surface area contributed by atoms with Crippen molar-refractivity contribution >= 4 is 11.9 Å². The van der Waals surface area contributed by atoms with Gasteiger partial charge in [0.2, 0.25) is 5.91 Å². The molecule has 86 valence electrons. The number of carbonyl (C=O) groups excluding carboxylic acids is 2. The summed E-state index contributed by atoms with van der Waals surface area (Å²) in [6.45, 7) is 8.93. The van der Waals surface area contributed by atoms with Gasteiger partial charge in [0, 0.05) is 19.0 Å². The number of hydroxylamine groups is 2. The molecule has 0 aromatic rings. The standard InChI is InChI=1S/C10H17NO4/c1-5-11(9(4)12)15-7-6-14-10(13)8(2)3/h2,5-7H2,1,3-4H3. The summed E-state index contributed by atoms with van der Waals surface area (Å²) >= 11 is 0. The van der Waals surface area contributed by atoms with Gasteiger partial charge in [0.05, 0.1) is 0 Å². The molecule has 0 unspecified atom stereocenters. The Hall–Kier alpha value is -1.36. The van der Waals surface area contributed by atoms with Gasteiger partial charge in [0.15, 0.2) is 0 Å². The van der Waals surface area contributed by atoms with Gasteiger partial charge in [0.1, 0.15) is 13.2 Å². The molecule has 0 rings (SSSR count). The predicted octanol–water partition coefficient (Wildman–Crippen LogP) is 0.906. The van der Waals surface area contributed by atoms with Crippen LogP contribution >= 0.6 is 0 Å². The number of ether oxygens (including phenoxy) is 1. The van der Waals surface area contributed by atoms with E-state index in [1.807, 2.05) is 0 Å². The Labute approximate surface area is 89.6 Å². The second kappa shape index (κ2) is 7.00. The second-order valence-corrected chi connectivity index (χ2v) is 2.96. The van der Waals surface area contributed by atoms with Gasteiger partial charge in [-0.3, -0.25) is 9.63 Å². The average molecular weight is 215 g/mol. The first kappa shape index (κ1) is 13.6. The Bertz CT molecular complexity index is 250. The molecule has 0 bridgehead atoms. The topological polar surface area (TPSA) is 55.8 Å². The molecule has 0 N–H and O–H groups in total. The summed E-state index contributed by atoms with van der Waals surface area (Å²) in [6.07, 6.45) is 0. The van der Waals surface area contributed by atoms with Gasteiger partial charge in [-0.25, -0.2) is 9.86 Å². The van der Waals surface area contributed by atoms with E-state index in [1.165, 1.54) is 12.0 Å². The molecule has 0 aromatic carbocycles. The maximum atomic E-state index is 10.9. The van der Waals surface area contributed by atoms with Crippen molar-refractivity contribution in [3.05, 3.63) is 12.2 Å². The molecule has 15 heavy (non-hydrogen) atoms. The van der Waals surface area contributed by atoms with Crippen molar-refractivity contribution in [1.29, 1.82) is 0 Å². The molecule has 0 aliphatic rings. The van der Waals surface area contributed by atoms with Gasteiger partial charge < -0.3 is 4.74 Å². The van der Waals surface area contributed by atoms with Gasteiger partial charge in [-0.2, -0.15) is 0 Å². The lowest BCUT2D eigenvalue weighted by molar-refractivity contribution is -0.187. The van der Waals surface area contributed by atoms with Crippen molar-refractivity contribution in [3.8, 4) is 0 Å². The first-order valence-electron chi connectivity index (χ1n) is 4.72. The Balaban J connectivity index is 3.66. The molecule has 5 nitrogen and oxygen atoms in total. The van der Waals surface area contributed by atoms with Crippen molar-refractivity contribution in [1.82, 2.24) is 5.06 Å². The fourth-order valence-electron chi connectivity index (χ4n) is 0.810. The minimum absolute atomic E-state index is 0.107. The van der Waals surface area contributed by atoms with Crippen LogP contribution in [0, 0.1) is 0 Å². The number of amides is 1. The molecule has 0 saturated heterocycles. The van der Waals surface area contributed by atoms with E-state index in [4.69, 9.17) is 9.57 Å². The Morgan fingerprint density at radius 1 is 1.27 bits per heavy atom.